The van der Waals surface area contributed by atoms with Crippen molar-refractivity contribution >= 4 is 17.5 Å². The normalized spacial score (nSPS) is 10.1. The Kier molecular flexibility index (Phi) is 3.11. The quantitative estimate of drug-likeness (QED) is 0.773. The Morgan fingerprint density at radius 2 is 2.31 bits per heavy atom. The van der Waals surface area contributed by atoms with E-state index in [9.17, 15) is 4.79 Å². The molecule has 0 aliphatic rings. The van der Waals surface area contributed by atoms with Crippen molar-refractivity contribution in [2.45, 2.75) is 6.54 Å². The summed E-state index contributed by atoms with van der Waals surface area (Å²) in [6.45, 7) is 0.293. The van der Waals surface area contributed by atoms with Crippen LogP contribution in [0.1, 0.15) is 16.2 Å². The largest absolute Gasteiger partial charge is 0.345 e. The molecule has 0 saturated heterocycles. The number of rotatable bonds is 3. The number of halogens is 1. The van der Waals surface area contributed by atoms with Crippen molar-refractivity contribution in [2.75, 3.05) is 0 Å². The van der Waals surface area contributed by atoms with Gasteiger partial charge in [-0.05, 0) is 12.1 Å². The number of aromatic nitrogens is 4. The van der Waals surface area contributed by atoms with Gasteiger partial charge in [-0.25, -0.2) is 9.97 Å². The van der Waals surface area contributed by atoms with E-state index in [1.54, 1.807) is 12.1 Å². The number of hydrogen-bond acceptors (Lipinski definition) is 4. The standard InChI is InChI=1S/C9H8ClN5O/c10-7-2-1-6(3-11-7)9(16)12-4-8-13-5-14-15-8/h1-3,5H,4H2,(H,12,16)(H,13,14,15). The minimum Gasteiger partial charge on any atom is -0.345 e. The highest BCUT2D eigenvalue weighted by Gasteiger charge is 2.06. The van der Waals surface area contributed by atoms with Crippen LogP contribution in [0.2, 0.25) is 5.15 Å². The summed E-state index contributed by atoms with van der Waals surface area (Å²) in [5.41, 5.74) is 0.448. The number of nitrogens with one attached hydrogen (secondary N) is 2. The summed E-state index contributed by atoms with van der Waals surface area (Å²) in [4.78, 5) is 19.3. The van der Waals surface area contributed by atoms with Crippen LogP contribution in [-0.4, -0.2) is 26.1 Å². The van der Waals surface area contributed by atoms with E-state index in [0.29, 0.717) is 23.1 Å². The minimum atomic E-state index is -0.236. The predicted octanol–water partition coefficient (Wildman–Crippen LogP) is 0.783. The van der Waals surface area contributed by atoms with Crippen molar-refractivity contribution in [1.82, 2.24) is 25.5 Å². The summed E-state index contributed by atoms with van der Waals surface area (Å²) in [6, 6.07) is 3.16. The zero-order chi connectivity index (χ0) is 11.4. The minimum absolute atomic E-state index is 0.236. The highest BCUT2D eigenvalue weighted by Crippen LogP contribution is 2.05. The van der Waals surface area contributed by atoms with E-state index in [4.69, 9.17) is 11.6 Å². The van der Waals surface area contributed by atoms with E-state index in [0.717, 1.165) is 0 Å². The lowest BCUT2D eigenvalue weighted by Gasteiger charge is -2.02. The molecule has 2 rings (SSSR count). The monoisotopic (exact) mass is 237 g/mol. The summed E-state index contributed by atoms with van der Waals surface area (Å²) in [7, 11) is 0. The third-order valence-electron chi connectivity index (χ3n) is 1.87. The van der Waals surface area contributed by atoms with Gasteiger partial charge in [0.15, 0.2) is 0 Å². The number of H-pyrrole nitrogens is 1. The Morgan fingerprint density at radius 3 is 2.94 bits per heavy atom. The third kappa shape index (κ3) is 2.54. The smallest absolute Gasteiger partial charge is 0.253 e. The van der Waals surface area contributed by atoms with Crippen molar-refractivity contribution in [1.29, 1.82) is 0 Å². The maximum absolute atomic E-state index is 11.6. The van der Waals surface area contributed by atoms with Crippen LogP contribution in [0.25, 0.3) is 0 Å². The van der Waals surface area contributed by atoms with E-state index in [1.165, 1.54) is 12.5 Å². The molecule has 0 radical (unpaired) electrons. The lowest BCUT2D eigenvalue weighted by molar-refractivity contribution is 0.0949. The van der Waals surface area contributed by atoms with Gasteiger partial charge in [0.2, 0.25) is 0 Å². The van der Waals surface area contributed by atoms with Crippen LogP contribution in [-0.2, 0) is 6.54 Å². The fourth-order valence-corrected chi connectivity index (χ4v) is 1.20. The molecule has 2 N–H and O–H groups in total. The second-order valence-electron chi connectivity index (χ2n) is 2.98. The van der Waals surface area contributed by atoms with Gasteiger partial charge < -0.3 is 5.32 Å². The number of amides is 1. The first-order valence-corrected chi connectivity index (χ1v) is 4.87. The first kappa shape index (κ1) is 10.6. The molecule has 0 unspecified atom stereocenters. The Labute approximate surface area is 96.1 Å². The molecule has 0 bridgehead atoms. The number of carbonyl (C=O) groups excluding carboxylic acids is 1. The van der Waals surface area contributed by atoms with Gasteiger partial charge in [0.25, 0.3) is 5.91 Å². The molecule has 7 heteroatoms. The van der Waals surface area contributed by atoms with Gasteiger partial charge in [-0.2, -0.15) is 5.10 Å². The lowest BCUT2D eigenvalue weighted by Crippen LogP contribution is -2.23. The average molecular weight is 238 g/mol. The molecule has 0 aliphatic heterocycles. The lowest BCUT2D eigenvalue weighted by atomic mass is 10.3. The fourth-order valence-electron chi connectivity index (χ4n) is 1.09. The van der Waals surface area contributed by atoms with E-state index < -0.39 is 0 Å². The maximum Gasteiger partial charge on any atom is 0.253 e. The van der Waals surface area contributed by atoms with Gasteiger partial charge in [-0.3, -0.25) is 9.89 Å². The average Bonchev–Trinajstić information content (AvgIpc) is 2.80. The van der Waals surface area contributed by atoms with E-state index >= 15 is 0 Å². The summed E-state index contributed by atoms with van der Waals surface area (Å²) in [5.74, 6) is 0.357. The number of carbonyl (C=O) groups is 1. The van der Waals surface area contributed by atoms with Gasteiger partial charge in [0, 0.05) is 6.20 Å². The fraction of sp³-hybridized carbons (Fsp3) is 0.111. The van der Waals surface area contributed by atoms with Crippen molar-refractivity contribution in [3.8, 4) is 0 Å². The number of pyridine rings is 1. The summed E-state index contributed by atoms with van der Waals surface area (Å²) >= 11 is 5.61. The Hall–Kier alpha value is -1.95. The molecule has 0 spiro atoms. The Bertz CT molecular complexity index is 467. The molecule has 6 nitrogen and oxygen atoms in total. The summed E-state index contributed by atoms with van der Waals surface area (Å²) in [5, 5.41) is 9.33. The van der Waals surface area contributed by atoms with Gasteiger partial charge in [-0.1, -0.05) is 11.6 Å². The molecule has 1 amide bonds. The van der Waals surface area contributed by atoms with Crippen LogP contribution in [0, 0.1) is 0 Å². The number of aromatic amines is 1. The van der Waals surface area contributed by atoms with E-state index in [1.807, 2.05) is 0 Å². The molecule has 82 valence electrons. The molecule has 16 heavy (non-hydrogen) atoms. The van der Waals surface area contributed by atoms with Gasteiger partial charge in [-0.15, -0.1) is 0 Å². The molecule has 0 saturated carbocycles. The highest BCUT2D eigenvalue weighted by molar-refractivity contribution is 6.29. The van der Waals surface area contributed by atoms with Crippen LogP contribution >= 0.6 is 11.6 Å². The zero-order valence-electron chi connectivity index (χ0n) is 8.14. The third-order valence-corrected chi connectivity index (χ3v) is 2.09. The SMILES string of the molecule is O=C(NCc1ncn[nH]1)c1ccc(Cl)nc1. The summed E-state index contributed by atoms with van der Waals surface area (Å²) in [6.07, 6.45) is 2.80. The molecule has 0 atom stereocenters. The predicted molar refractivity (Wildman–Crippen MR) is 56.8 cm³/mol. The molecule has 0 aliphatic carbocycles. The number of nitrogens with zero attached hydrogens (tertiary/aromatic N) is 3. The maximum atomic E-state index is 11.6. The molecular formula is C9H8ClN5O. The van der Waals surface area contributed by atoms with Crippen LogP contribution in [0.4, 0.5) is 0 Å². The molecular weight excluding hydrogens is 230 g/mol. The topological polar surface area (TPSA) is 83.6 Å². The second kappa shape index (κ2) is 4.71. The van der Waals surface area contributed by atoms with Gasteiger partial charge in [0.05, 0.1) is 12.1 Å². The van der Waals surface area contributed by atoms with Crippen LogP contribution < -0.4 is 5.32 Å². The van der Waals surface area contributed by atoms with Crippen LogP contribution in [0.5, 0.6) is 0 Å². The van der Waals surface area contributed by atoms with Crippen molar-refractivity contribution in [2.24, 2.45) is 0 Å². The molecule has 2 aromatic rings. The second-order valence-corrected chi connectivity index (χ2v) is 3.37. The first-order chi connectivity index (χ1) is 7.75. The number of hydrogen-bond donors (Lipinski definition) is 2. The first-order valence-electron chi connectivity index (χ1n) is 4.49. The van der Waals surface area contributed by atoms with Crippen LogP contribution in [0.15, 0.2) is 24.7 Å². The molecule has 2 aromatic heterocycles. The molecule has 0 aromatic carbocycles. The van der Waals surface area contributed by atoms with Crippen LogP contribution in [0.3, 0.4) is 0 Å². The zero-order valence-corrected chi connectivity index (χ0v) is 8.90. The molecule has 0 fully saturated rings. The van der Waals surface area contributed by atoms with Crippen molar-refractivity contribution in [3.63, 3.8) is 0 Å². The molecule has 2 heterocycles. The van der Waals surface area contributed by atoms with Crippen molar-refractivity contribution in [3.05, 3.63) is 41.2 Å². The Morgan fingerprint density at radius 1 is 1.44 bits per heavy atom. The van der Waals surface area contributed by atoms with Gasteiger partial charge in [0.1, 0.15) is 17.3 Å². The van der Waals surface area contributed by atoms with E-state index in [2.05, 4.69) is 25.5 Å². The van der Waals surface area contributed by atoms with Crippen molar-refractivity contribution < 1.29 is 4.79 Å². The Balaban J connectivity index is 1.95. The van der Waals surface area contributed by atoms with Gasteiger partial charge >= 0.3 is 0 Å². The highest BCUT2D eigenvalue weighted by atomic mass is 35.5. The van der Waals surface area contributed by atoms with E-state index in [-0.39, 0.29) is 5.91 Å². The summed E-state index contributed by atoms with van der Waals surface area (Å²) < 4.78 is 0.